The summed E-state index contributed by atoms with van der Waals surface area (Å²) in [4.78, 5) is 15.3. The van der Waals surface area contributed by atoms with Crippen LogP contribution in [0.5, 0.6) is 0 Å². The summed E-state index contributed by atoms with van der Waals surface area (Å²) in [7, 11) is 0. The number of hydrogen-bond donors (Lipinski definition) is 3. The van der Waals surface area contributed by atoms with Gasteiger partial charge in [-0.15, -0.1) is 0 Å². The van der Waals surface area contributed by atoms with E-state index >= 15 is 0 Å². The van der Waals surface area contributed by atoms with Gasteiger partial charge in [0.15, 0.2) is 0 Å². The average molecular weight is 277 g/mol. The molecule has 0 aliphatic rings. The zero-order valence-electron chi connectivity index (χ0n) is 11.6. The third-order valence-electron chi connectivity index (χ3n) is 3.66. The maximum absolute atomic E-state index is 4.51. The summed E-state index contributed by atoms with van der Waals surface area (Å²) in [6, 6.07) is 10.4. The number of anilines is 1. The van der Waals surface area contributed by atoms with E-state index < -0.39 is 0 Å². The Morgan fingerprint density at radius 2 is 1.86 bits per heavy atom. The van der Waals surface area contributed by atoms with Crippen molar-refractivity contribution in [2.24, 2.45) is 0 Å². The van der Waals surface area contributed by atoms with E-state index in [1.165, 1.54) is 10.9 Å². The number of nitrogens with one attached hydrogen (secondary N) is 3. The van der Waals surface area contributed by atoms with Crippen LogP contribution in [0, 0.1) is 6.92 Å². The predicted molar refractivity (Wildman–Crippen MR) is 84.3 cm³/mol. The monoisotopic (exact) mass is 277 g/mol. The number of rotatable bonds is 3. The highest BCUT2D eigenvalue weighted by atomic mass is 15.0. The number of aromatic amines is 2. The lowest BCUT2D eigenvalue weighted by molar-refractivity contribution is 1.05. The Hall–Kier alpha value is -2.82. The fourth-order valence-electron chi connectivity index (χ4n) is 2.67. The molecule has 0 saturated carbocycles. The Kier molecular flexibility index (Phi) is 2.64. The molecular formula is C16H15N5. The second-order valence-corrected chi connectivity index (χ2v) is 5.07. The fourth-order valence-corrected chi connectivity index (χ4v) is 2.67. The number of fused-ring (bicyclic) bond motifs is 2. The molecule has 3 aromatic heterocycles. The van der Waals surface area contributed by atoms with Crippen molar-refractivity contribution >= 4 is 27.8 Å². The summed E-state index contributed by atoms with van der Waals surface area (Å²) in [5.74, 6) is 1.62. The Labute approximate surface area is 121 Å². The molecule has 0 aliphatic heterocycles. The lowest BCUT2D eigenvalue weighted by Crippen LogP contribution is -2.04. The molecule has 3 N–H and O–H groups in total. The SMILES string of the molecule is Cc1nc(NCc2cccc3[nH]ccc23)c2cc[nH]c2n1. The van der Waals surface area contributed by atoms with Gasteiger partial charge in [-0.2, -0.15) is 0 Å². The van der Waals surface area contributed by atoms with Crippen molar-refractivity contribution in [2.45, 2.75) is 13.5 Å². The van der Waals surface area contributed by atoms with Crippen molar-refractivity contribution in [3.63, 3.8) is 0 Å². The molecule has 104 valence electrons. The molecule has 1 aromatic carbocycles. The van der Waals surface area contributed by atoms with Crippen molar-refractivity contribution in [3.05, 3.63) is 54.1 Å². The lowest BCUT2D eigenvalue weighted by Gasteiger charge is -2.08. The van der Waals surface area contributed by atoms with Gasteiger partial charge in [0.2, 0.25) is 0 Å². The first-order valence-corrected chi connectivity index (χ1v) is 6.92. The summed E-state index contributed by atoms with van der Waals surface area (Å²) in [6.07, 6.45) is 3.85. The first kappa shape index (κ1) is 12.0. The standard InChI is InChI=1S/C16H15N5/c1-10-20-15-13(6-8-18-15)16(21-10)19-9-11-3-2-4-14-12(11)5-7-17-14/h2-8,17H,9H2,1H3,(H2,18,19,20,21). The van der Waals surface area contributed by atoms with Gasteiger partial charge in [-0.1, -0.05) is 12.1 Å². The summed E-state index contributed by atoms with van der Waals surface area (Å²) in [5.41, 5.74) is 3.26. The molecule has 0 fully saturated rings. The van der Waals surface area contributed by atoms with Gasteiger partial charge < -0.3 is 15.3 Å². The van der Waals surface area contributed by atoms with Crippen LogP contribution in [-0.4, -0.2) is 19.9 Å². The van der Waals surface area contributed by atoms with Gasteiger partial charge in [-0.05, 0) is 30.7 Å². The Balaban J connectivity index is 1.69. The van der Waals surface area contributed by atoms with Gasteiger partial charge in [0.1, 0.15) is 17.3 Å². The molecule has 0 aliphatic carbocycles. The summed E-state index contributed by atoms with van der Waals surface area (Å²) >= 11 is 0. The zero-order valence-corrected chi connectivity index (χ0v) is 11.6. The second kappa shape index (κ2) is 4.63. The number of nitrogens with zero attached hydrogens (tertiary/aromatic N) is 2. The summed E-state index contributed by atoms with van der Waals surface area (Å²) in [5, 5.41) is 5.68. The van der Waals surface area contributed by atoms with Crippen LogP contribution in [0.1, 0.15) is 11.4 Å². The topological polar surface area (TPSA) is 69.4 Å². The van der Waals surface area contributed by atoms with E-state index in [1.54, 1.807) is 0 Å². The van der Waals surface area contributed by atoms with Crippen LogP contribution in [0.4, 0.5) is 5.82 Å². The highest BCUT2D eigenvalue weighted by molar-refractivity contribution is 5.87. The molecule has 0 spiro atoms. The van der Waals surface area contributed by atoms with E-state index in [4.69, 9.17) is 0 Å². The number of aryl methyl sites for hydroxylation is 1. The maximum Gasteiger partial charge on any atom is 0.143 e. The van der Waals surface area contributed by atoms with Gasteiger partial charge in [0.25, 0.3) is 0 Å². The summed E-state index contributed by atoms with van der Waals surface area (Å²) in [6.45, 7) is 2.63. The van der Waals surface area contributed by atoms with Crippen LogP contribution in [0.3, 0.4) is 0 Å². The van der Waals surface area contributed by atoms with Gasteiger partial charge in [0, 0.05) is 29.8 Å². The molecule has 0 radical (unpaired) electrons. The smallest absolute Gasteiger partial charge is 0.143 e. The second-order valence-electron chi connectivity index (χ2n) is 5.07. The van der Waals surface area contributed by atoms with Crippen molar-refractivity contribution in [3.8, 4) is 0 Å². The highest BCUT2D eigenvalue weighted by Gasteiger charge is 2.07. The van der Waals surface area contributed by atoms with E-state index in [-0.39, 0.29) is 0 Å². The molecule has 0 bridgehead atoms. The van der Waals surface area contributed by atoms with Crippen molar-refractivity contribution in [1.29, 1.82) is 0 Å². The molecule has 0 unspecified atom stereocenters. The molecule has 5 heteroatoms. The van der Waals surface area contributed by atoms with Crippen molar-refractivity contribution in [1.82, 2.24) is 19.9 Å². The number of aromatic nitrogens is 4. The van der Waals surface area contributed by atoms with Gasteiger partial charge in [-0.3, -0.25) is 0 Å². The molecule has 5 nitrogen and oxygen atoms in total. The molecule has 21 heavy (non-hydrogen) atoms. The molecule has 0 amide bonds. The van der Waals surface area contributed by atoms with E-state index in [9.17, 15) is 0 Å². The Morgan fingerprint density at radius 1 is 1.00 bits per heavy atom. The zero-order chi connectivity index (χ0) is 14.2. The first-order valence-electron chi connectivity index (χ1n) is 6.92. The molecule has 0 saturated heterocycles. The minimum Gasteiger partial charge on any atom is -0.365 e. The minimum atomic E-state index is 0.728. The van der Waals surface area contributed by atoms with Gasteiger partial charge in [-0.25, -0.2) is 9.97 Å². The number of hydrogen-bond acceptors (Lipinski definition) is 3. The quantitative estimate of drug-likeness (QED) is 0.538. The minimum absolute atomic E-state index is 0.728. The Bertz CT molecular complexity index is 919. The normalized spacial score (nSPS) is 11.3. The molecule has 0 atom stereocenters. The average Bonchev–Trinajstić information content (AvgIpc) is 3.12. The van der Waals surface area contributed by atoms with E-state index in [0.717, 1.165) is 34.7 Å². The van der Waals surface area contributed by atoms with Crippen LogP contribution >= 0.6 is 0 Å². The van der Waals surface area contributed by atoms with Crippen LogP contribution in [-0.2, 0) is 6.54 Å². The predicted octanol–water partition coefficient (Wildman–Crippen LogP) is 3.36. The Morgan fingerprint density at radius 3 is 2.81 bits per heavy atom. The molecule has 3 heterocycles. The highest BCUT2D eigenvalue weighted by Crippen LogP contribution is 2.22. The number of benzene rings is 1. The van der Waals surface area contributed by atoms with E-state index in [0.29, 0.717) is 0 Å². The largest absolute Gasteiger partial charge is 0.365 e. The third-order valence-corrected chi connectivity index (χ3v) is 3.66. The van der Waals surface area contributed by atoms with Crippen LogP contribution in [0.15, 0.2) is 42.7 Å². The van der Waals surface area contributed by atoms with Gasteiger partial charge in [0.05, 0.1) is 5.39 Å². The first-order chi connectivity index (χ1) is 10.3. The maximum atomic E-state index is 4.51. The van der Waals surface area contributed by atoms with Crippen LogP contribution in [0.2, 0.25) is 0 Å². The van der Waals surface area contributed by atoms with Crippen LogP contribution in [0.25, 0.3) is 21.9 Å². The van der Waals surface area contributed by atoms with Gasteiger partial charge >= 0.3 is 0 Å². The molecule has 4 rings (SSSR count). The molecule has 4 aromatic rings. The van der Waals surface area contributed by atoms with Crippen LogP contribution < -0.4 is 5.32 Å². The van der Waals surface area contributed by atoms with Crippen molar-refractivity contribution < 1.29 is 0 Å². The van der Waals surface area contributed by atoms with E-state index in [2.05, 4.69) is 49.5 Å². The molecular weight excluding hydrogens is 262 g/mol. The number of H-pyrrole nitrogens is 2. The lowest BCUT2D eigenvalue weighted by atomic mass is 10.1. The summed E-state index contributed by atoms with van der Waals surface area (Å²) < 4.78 is 0. The van der Waals surface area contributed by atoms with Crippen molar-refractivity contribution in [2.75, 3.05) is 5.32 Å². The third kappa shape index (κ3) is 2.03. The van der Waals surface area contributed by atoms with E-state index in [1.807, 2.05) is 25.4 Å². The fraction of sp³-hybridized carbons (Fsp3) is 0.125.